The highest BCUT2D eigenvalue weighted by Crippen LogP contribution is 2.38. The van der Waals surface area contributed by atoms with Crippen LogP contribution in [0.1, 0.15) is 69.5 Å². The first-order chi connectivity index (χ1) is 16.1. The number of likely N-dealkylation sites (tertiary alicyclic amines) is 1. The second-order valence-corrected chi connectivity index (χ2v) is 10.1. The number of carbonyl (C=O) groups excluding carboxylic acids is 2. The van der Waals surface area contributed by atoms with Crippen molar-refractivity contribution in [2.75, 3.05) is 6.54 Å². The quantitative estimate of drug-likeness (QED) is 0.570. The van der Waals surface area contributed by atoms with Crippen molar-refractivity contribution in [3.05, 3.63) is 59.9 Å². The Morgan fingerprint density at radius 2 is 1.94 bits per heavy atom. The van der Waals surface area contributed by atoms with E-state index >= 15 is 0 Å². The monoisotopic (exact) mass is 464 g/mol. The van der Waals surface area contributed by atoms with Gasteiger partial charge in [-0.3, -0.25) is 9.59 Å². The van der Waals surface area contributed by atoms with E-state index in [1.807, 2.05) is 65.0 Å². The zero-order chi connectivity index (χ0) is 24.5. The third kappa shape index (κ3) is 4.90. The van der Waals surface area contributed by atoms with Crippen LogP contribution in [0.5, 0.6) is 0 Å². The van der Waals surface area contributed by atoms with Crippen molar-refractivity contribution in [1.82, 2.24) is 20.4 Å². The average Bonchev–Trinajstić information content (AvgIpc) is 3.55. The Balaban J connectivity index is 1.46. The van der Waals surface area contributed by atoms with Crippen LogP contribution in [0.15, 0.2) is 51.9 Å². The molecule has 2 aromatic heterocycles. The van der Waals surface area contributed by atoms with Crippen molar-refractivity contribution in [2.45, 2.75) is 65.5 Å². The molecule has 0 bridgehead atoms. The topological polar surface area (TPSA) is 101 Å². The van der Waals surface area contributed by atoms with Crippen molar-refractivity contribution in [1.29, 1.82) is 0 Å². The van der Waals surface area contributed by atoms with Crippen LogP contribution in [-0.2, 0) is 9.59 Å². The smallest absolute Gasteiger partial charge is 0.243 e. The molecule has 1 aromatic carbocycles. The summed E-state index contributed by atoms with van der Waals surface area (Å²) < 4.78 is 10.8. The molecule has 1 saturated heterocycles. The summed E-state index contributed by atoms with van der Waals surface area (Å²) in [6.45, 7) is 10.3. The van der Waals surface area contributed by atoms with Gasteiger partial charge in [0.05, 0.1) is 17.9 Å². The molecule has 0 radical (unpaired) electrons. The fraction of sp³-hybridized carbons (Fsp3) is 0.462. The third-order valence-electron chi connectivity index (χ3n) is 6.37. The van der Waals surface area contributed by atoms with Gasteiger partial charge in [-0.25, -0.2) is 4.98 Å². The summed E-state index contributed by atoms with van der Waals surface area (Å²) in [5, 5.41) is 7.07. The highest BCUT2D eigenvalue weighted by molar-refractivity contribution is 5.91. The lowest BCUT2D eigenvalue weighted by molar-refractivity contribution is -0.142. The van der Waals surface area contributed by atoms with Crippen LogP contribution >= 0.6 is 0 Å². The number of amides is 2. The normalized spacial score (nSPS) is 18.0. The van der Waals surface area contributed by atoms with Gasteiger partial charge >= 0.3 is 0 Å². The van der Waals surface area contributed by atoms with E-state index in [1.165, 1.54) is 6.39 Å². The summed E-state index contributed by atoms with van der Waals surface area (Å²) in [7, 11) is 0. The van der Waals surface area contributed by atoms with Gasteiger partial charge in [0, 0.05) is 18.2 Å². The third-order valence-corrected chi connectivity index (χ3v) is 6.37. The standard InChI is InChI=1S/C26H32N4O4/c1-16-13-21(34-29-16)23(26(3,4)5)25(32)30-12-6-7-20(30)24(31)28-17(2)18-8-10-19(11-9-18)22-14-27-15-33-22/h8-11,13-15,17,20,23H,6-7,12H2,1-5H3,(H,28,31). The van der Waals surface area contributed by atoms with Crippen molar-refractivity contribution >= 4 is 11.8 Å². The van der Waals surface area contributed by atoms with Gasteiger partial charge in [0.2, 0.25) is 11.8 Å². The average molecular weight is 465 g/mol. The van der Waals surface area contributed by atoms with Gasteiger partial charge < -0.3 is 19.2 Å². The molecular weight excluding hydrogens is 432 g/mol. The molecule has 34 heavy (non-hydrogen) atoms. The highest BCUT2D eigenvalue weighted by Gasteiger charge is 2.43. The van der Waals surface area contributed by atoms with Gasteiger partial charge in [-0.15, -0.1) is 0 Å². The Kier molecular flexibility index (Phi) is 6.59. The maximum absolute atomic E-state index is 13.7. The van der Waals surface area contributed by atoms with E-state index < -0.39 is 12.0 Å². The zero-order valence-corrected chi connectivity index (χ0v) is 20.4. The Morgan fingerprint density at radius 3 is 2.53 bits per heavy atom. The Hall–Kier alpha value is -3.42. The van der Waals surface area contributed by atoms with Gasteiger partial charge in [0.1, 0.15) is 17.7 Å². The molecule has 3 aromatic rings. The van der Waals surface area contributed by atoms with Crippen LogP contribution in [0, 0.1) is 12.3 Å². The summed E-state index contributed by atoms with van der Waals surface area (Å²) in [6, 6.07) is 8.91. The fourth-order valence-electron chi connectivity index (χ4n) is 4.59. The maximum Gasteiger partial charge on any atom is 0.243 e. The van der Waals surface area contributed by atoms with Crippen molar-refractivity contribution in [2.24, 2.45) is 5.41 Å². The van der Waals surface area contributed by atoms with Gasteiger partial charge in [0.15, 0.2) is 12.2 Å². The Bertz CT molecular complexity index is 1130. The molecule has 0 saturated carbocycles. The molecule has 2 amide bonds. The molecule has 8 nitrogen and oxygen atoms in total. The van der Waals surface area contributed by atoms with E-state index in [1.54, 1.807) is 11.1 Å². The lowest BCUT2D eigenvalue weighted by Crippen LogP contribution is -2.49. The highest BCUT2D eigenvalue weighted by atomic mass is 16.5. The maximum atomic E-state index is 13.7. The van der Waals surface area contributed by atoms with Crippen molar-refractivity contribution in [3.8, 4) is 11.3 Å². The van der Waals surface area contributed by atoms with Gasteiger partial charge in [-0.05, 0) is 37.7 Å². The number of hydrogen-bond donors (Lipinski definition) is 1. The van der Waals surface area contributed by atoms with E-state index in [9.17, 15) is 9.59 Å². The first-order valence-corrected chi connectivity index (χ1v) is 11.7. The summed E-state index contributed by atoms with van der Waals surface area (Å²) in [5.41, 5.74) is 2.24. The van der Waals surface area contributed by atoms with Crippen molar-refractivity contribution < 1.29 is 18.5 Å². The molecule has 180 valence electrons. The Morgan fingerprint density at radius 1 is 1.21 bits per heavy atom. The van der Waals surface area contributed by atoms with Gasteiger partial charge in [0.25, 0.3) is 0 Å². The first kappa shape index (κ1) is 23.7. The van der Waals surface area contributed by atoms with Crippen LogP contribution < -0.4 is 5.32 Å². The van der Waals surface area contributed by atoms with E-state index in [0.29, 0.717) is 24.5 Å². The van der Waals surface area contributed by atoms with Crippen LogP contribution in [0.3, 0.4) is 0 Å². The largest absolute Gasteiger partial charge is 0.444 e. The van der Waals surface area contributed by atoms with Gasteiger partial charge in [-0.1, -0.05) is 50.2 Å². The van der Waals surface area contributed by atoms with Crippen LogP contribution in [0.2, 0.25) is 0 Å². The summed E-state index contributed by atoms with van der Waals surface area (Å²) in [5.74, 6) is 0.493. The molecule has 1 fully saturated rings. The molecule has 0 spiro atoms. The molecule has 3 atom stereocenters. The number of aryl methyl sites for hydroxylation is 1. The number of carbonyl (C=O) groups is 2. The second-order valence-electron chi connectivity index (χ2n) is 10.1. The predicted octanol–water partition coefficient (Wildman–Crippen LogP) is 4.64. The number of rotatable bonds is 6. The summed E-state index contributed by atoms with van der Waals surface area (Å²) in [4.78, 5) is 32.6. The lowest BCUT2D eigenvalue weighted by atomic mass is 9.78. The lowest BCUT2D eigenvalue weighted by Gasteiger charge is -2.33. The van der Waals surface area contributed by atoms with Crippen LogP contribution in [0.25, 0.3) is 11.3 Å². The SMILES string of the molecule is Cc1cc(C(C(=O)N2CCCC2C(=O)NC(C)c2ccc(-c3cnco3)cc2)C(C)(C)C)on1. The second kappa shape index (κ2) is 9.44. The van der Waals surface area contributed by atoms with Crippen LogP contribution in [-0.4, -0.2) is 39.4 Å². The molecule has 1 N–H and O–H groups in total. The summed E-state index contributed by atoms with van der Waals surface area (Å²) in [6.07, 6.45) is 4.49. The van der Waals surface area contributed by atoms with Crippen molar-refractivity contribution in [3.63, 3.8) is 0 Å². The first-order valence-electron chi connectivity index (χ1n) is 11.7. The van der Waals surface area contributed by atoms with E-state index in [-0.39, 0.29) is 23.3 Å². The number of nitrogens with one attached hydrogen (secondary N) is 1. The van der Waals surface area contributed by atoms with E-state index in [2.05, 4.69) is 15.5 Å². The molecule has 1 aliphatic rings. The zero-order valence-electron chi connectivity index (χ0n) is 20.4. The molecule has 3 unspecified atom stereocenters. The minimum atomic E-state index is -0.511. The molecule has 4 rings (SSSR count). The molecular formula is C26H32N4O4. The molecule has 1 aliphatic heterocycles. The van der Waals surface area contributed by atoms with Gasteiger partial charge in [-0.2, -0.15) is 0 Å². The number of aromatic nitrogens is 2. The minimum Gasteiger partial charge on any atom is -0.444 e. The predicted molar refractivity (Wildman–Crippen MR) is 127 cm³/mol. The van der Waals surface area contributed by atoms with Crippen LogP contribution in [0.4, 0.5) is 0 Å². The number of oxazole rings is 1. The minimum absolute atomic E-state index is 0.0923. The number of nitrogens with zero attached hydrogens (tertiary/aromatic N) is 3. The van der Waals surface area contributed by atoms with E-state index in [4.69, 9.17) is 8.94 Å². The molecule has 3 heterocycles. The number of hydrogen-bond acceptors (Lipinski definition) is 6. The fourth-order valence-corrected chi connectivity index (χ4v) is 4.59. The Labute approximate surface area is 199 Å². The summed E-state index contributed by atoms with van der Waals surface area (Å²) >= 11 is 0. The van der Waals surface area contributed by atoms with E-state index in [0.717, 1.165) is 23.2 Å². The molecule has 0 aliphatic carbocycles. The molecule has 8 heteroatoms. The number of benzene rings is 1.